The van der Waals surface area contributed by atoms with Crippen molar-refractivity contribution < 1.29 is 4.39 Å². The van der Waals surface area contributed by atoms with E-state index in [0.29, 0.717) is 5.56 Å². The first kappa shape index (κ1) is 14.7. The lowest BCUT2D eigenvalue weighted by Gasteiger charge is -2.30. The summed E-state index contributed by atoms with van der Waals surface area (Å²) in [6.45, 7) is 1.88. The molecule has 112 valence electrons. The second-order valence-corrected chi connectivity index (χ2v) is 5.84. The molecule has 0 amide bonds. The summed E-state index contributed by atoms with van der Waals surface area (Å²) in [7, 11) is 0. The van der Waals surface area contributed by atoms with Crippen LogP contribution >= 0.6 is 0 Å². The van der Waals surface area contributed by atoms with Gasteiger partial charge in [0.15, 0.2) is 0 Å². The molecule has 3 rings (SSSR count). The molecule has 0 saturated heterocycles. The van der Waals surface area contributed by atoms with Gasteiger partial charge >= 0.3 is 0 Å². The maximum Gasteiger partial charge on any atom is 0.141 e. The van der Waals surface area contributed by atoms with Gasteiger partial charge in [-0.15, -0.1) is 0 Å². The van der Waals surface area contributed by atoms with Crippen LogP contribution in [0.15, 0.2) is 72.8 Å². The fraction of sp³-hybridized carbons (Fsp3) is 0.200. The highest BCUT2D eigenvalue weighted by Crippen LogP contribution is 2.40. The summed E-state index contributed by atoms with van der Waals surface area (Å²) in [5.74, 6) is -0.375. The number of alkyl halides is 1. The van der Waals surface area contributed by atoms with Gasteiger partial charge in [-0.3, -0.25) is 0 Å². The summed E-state index contributed by atoms with van der Waals surface area (Å²) >= 11 is 0. The third-order valence-corrected chi connectivity index (χ3v) is 4.40. The topological polar surface area (TPSA) is 26.0 Å². The molecule has 1 nitrogen and oxygen atoms in total. The molecule has 0 aliphatic rings. The fourth-order valence-corrected chi connectivity index (χ4v) is 3.06. The maximum absolute atomic E-state index is 15.5. The Kier molecular flexibility index (Phi) is 3.95. The van der Waals surface area contributed by atoms with Crippen LogP contribution in [0.3, 0.4) is 0 Å². The van der Waals surface area contributed by atoms with Crippen molar-refractivity contribution in [2.24, 2.45) is 5.73 Å². The predicted molar refractivity (Wildman–Crippen MR) is 90.6 cm³/mol. The molecule has 3 aromatic rings. The van der Waals surface area contributed by atoms with Crippen LogP contribution in [0, 0.1) is 0 Å². The van der Waals surface area contributed by atoms with E-state index in [1.807, 2.05) is 66.7 Å². The van der Waals surface area contributed by atoms with Crippen molar-refractivity contribution in [1.29, 1.82) is 0 Å². The van der Waals surface area contributed by atoms with Crippen LogP contribution in [-0.2, 0) is 5.67 Å². The van der Waals surface area contributed by atoms with Gasteiger partial charge in [0.25, 0.3) is 0 Å². The van der Waals surface area contributed by atoms with Gasteiger partial charge in [-0.25, -0.2) is 4.39 Å². The van der Waals surface area contributed by atoms with E-state index in [4.69, 9.17) is 5.73 Å². The second-order valence-electron chi connectivity index (χ2n) is 5.84. The first-order valence-electron chi connectivity index (χ1n) is 7.56. The number of benzene rings is 3. The molecule has 0 saturated carbocycles. The van der Waals surface area contributed by atoms with Crippen LogP contribution in [0.1, 0.15) is 24.0 Å². The first-order chi connectivity index (χ1) is 10.6. The maximum atomic E-state index is 15.5. The van der Waals surface area contributed by atoms with E-state index < -0.39 is 5.67 Å². The molecule has 2 unspecified atom stereocenters. The summed E-state index contributed by atoms with van der Waals surface area (Å²) in [4.78, 5) is 0. The van der Waals surface area contributed by atoms with Crippen molar-refractivity contribution in [2.75, 3.05) is 6.54 Å². The highest BCUT2D eigenvalue weighted by molar-refractivity contribution is 5.83. The predicted octanol–water partition coefficient (Wildman–Crippen LogP) is 4.77. The molecule has 22 heavy (non-hydrogen) atoms. The Labute approximate surface area is 130 Å². The monoisotopic (exact) mass is 293 g/mol. The largest absolute Gasteiger partial charge is 0.330 e. The quantitative estimate of drug-likeness (QED) is 0.737. The SMILES string of the molecule is CC(F)(c1ccccc1)C(CN)c1ccc2ccccc2c1. The van der Waals surface area contributed by atoms with Gasteiger partial charge in [0.1, 0.15) is 5.67 Å². The minimum atomic E-state index is -1.50. The molecule has 2 N–H and O–H groups in total. The Bertz CT molecular complexity index is 765. The van der Waals surface area contributed by atoms with Crippen LogP contribution in [0.25, 0.3) is 10.8 Å². The average Bonchev–Trinajstić information content (AvgIpc) is 2.56. The Morgan fingerprint density at radius 2 is 1.55 bits per heavy atom. The van der Waals surface area contributed by atoms with Gasteiger partial charge in [0, 0.05) is 12.5 Å². The molecule has 2 atom stereocenters. The normalized spacial score (nSPS) is 15.4. The van der Waals surface area contributed by atoms with Crippen LogP contribution < -0.4 is 5.73 Å². The Morgan fingerprint density at radius 3 is 2.23 bits per heavy atom. The van der Waals surface area contributed by atoms with Gasteiger partial charge in [0.05, 0.1) is 0 Å². The van der Waals surface area contributed by atoms with E-state index >= 15 is 4.39 Å². The molecular formula is C20H20FN. The molecule has 0 spiro atoms. The van der Waals surface area contributed by atoms with Gasteiger partial charge in [-0.1, -0.05) is 72.8 Å². The molecule has 0 radical (unpaired) electrons. The Morgan fingerprint density at radius 1 is 0.909 bits per heavy atom. The molecule has 0 bridgehead atoms. The molecule has 0 aliphatic carbocycles. The molecule has 0 heterocycles. The molecule has 0 aliphatic heterocycles. The van der Waals surface area contributed by atoms with E-state index in [9.17, 15) is 0 Å². The minimum absolute atomic E-state index is 0.264. The number of fused-ring (bicyclic) bond motifs is 1. The molecule has 0 aromatic heterocycles. The van der Waals surface area contributed by atoms with Crippen molar-refractivity contribution in [1.82, 2.24) is 0 Å². The second kappa shape index (κ2) is 5.90. The lowest BCUT2D eigenvalue weighted by atomic mass is 9.79. The molecular weight excluding hydrogens is 273 g/mol. The Hall–Kier alpha value is -2.19. The van der Waals surface area contributed by atoms with Crippen LogP contribution in [0.4, 0.5) is 4.39 Å². The number of hydrogen-bond acceptors (Lipinski definition) is 1. The summed E-state index contributed by atoms with van der Waals surface area (Å²) in [5.41, 5.74) is 6.04. The van der Waals surface area contributed by atoms with Gasteiger partial charge in [0.2, 0.25) is 0 Å². The fourth-order valence-electron chi connectivity index (χ4n) is 3.06. The smallest absolute Gasteiger partial charge is 0.141 e. The van der Waals surface area contributed by atoms with E-state index in [1.54, 1.807) is 6.92 Å². The molecule has 0 fully saturated rings. The van der Waals surface area contributed by atoms with E-state index in [0.717, 1.165) is 16.3 Å². The Balaban J connectivity index is 2.05. The zero-order valence-electron chi connectivity index (χ0n) is 12.7. The van der Waals surface area contributed by atoms with Gasteiger partial charge in [-0.05, 0) is 28.8 Å². The number of hydrogen-bond donors (Lipinski definition) is 1. The van der Waals surface area contributed by atoms with Gasteiger partial charge < -0.3 is 5.73 Å². The standard InChI is InChI=1S/C20H20FN/c1-20(21,18-9-3-2-4-10-18)19(14-22)17-12-11-15-7-5-6-8-16(15)13-17/h2-13,19H,14,22H2,1H3. The summed E-state index contributed by atoms with van der Waals surface area (Å²) in [5, 5.41) is 2.27. The van der Waals surface area contributed by atoms with Crippen LogP contribution in [-0.4, -0.2) is 6.54 Å². The summed E-state index contributed by atoms with van der Waals surface area (Å²) < 4.78 is 15.5. The highest BCUT2D eigenvalue weighted by Gasteiger charge is 2.36. The van der Waals surface area contributed by atoms with Crippen LogP contribution in [0.5, 0.6) is 0 Å². The lowest BCUT2D eigenvalue weighted by Crippen LogP contribution is -2.31. The van der Waals surface area contributed by atoms with E-state index in [1.165, 1.54) is 0 Å². The summed E-state index contributed by atoms with van der Waals surface area (Å²) in [6.07, 6.45) is 0. The number of halogens is 1. The van der Waals surface area contributed by atoms with Crippen molar-refractivity contribution in [3.63, 3.8) is 0 Å². The number of nitrogens with two attached hydrogens (primary N) is 1. The van der Waals surface area contributed by atoms with E-state index in [2.05, 4.69) is 6.07 Å². The van der Waals surface area contributed by atoms with Crippen molar-refractivity contribution >= 4 is 10.8 Å². The lowest BCUT2D eigenvalue weighted by molar-refractivity contribution is 0.150. The third kappa shape index (κ3) is 2.62. The average molecular weight is 293 g/mol. The van der Waals surface area contributed by atoms with Crippen molar-refractivity contribution in [2.45, 2.75) is 18.5 Å². The van der Waals surface area contributed by atoms with Gasteiger partial charge in [-0.2, -0.15) is 0 Å². The minimum Gasteiger partial charge on any atom is -0.330 e. The number of rotatable bonds is 4. The van der Waals surface area contributed by atoms with Crippen molar-refractivity contribution in [3.05, 3.63) is 83.9 Å². The summed E-state index contributed by atoms with van der Waals surface area (Å²) in [6, 6.07) is 23.4. The highest BCUT2D eigenvalue weighted by atomic mass is 19.1. The zero-order valence-corrected chi connectivity index (χ0v) is 12.7. The van der Waals surface area contributed by atoms with E-state index in [-0.39, 0.29) is 12.5 Å². The third-order valence-electron chi connectivity index (χ3n) is 4.40. The zero-order chi connectivity index (χ0) is 15.6. The first-order valence-corrected chi connectivity index (χ1v) is 7.56. The van der Waals surface area contributed by atoms with Crippen LogP contribution in [0.2, 0.25) is 0 Å². The molecule has 2 heteroatoms. The molecule has 3 aromatic carbocycles. The van der Waals surface area contributed by atoms with Crippen molar-refractivity contribution in [3.8, 4) is 0 Å².